The topological polar surface area (TPSA) is 34.1 Å². The van der Waals surface area contributed by atoms with E-state index in [1.54, 1.807) is 0 Å². The maximum absolute atomic E-state index is 5.37. The van der Waals surface area contributed by atoms with Gasteiger partial charge in [0.1, 0.15) is 0 Å². The van der Waals surface area contributed by atoms with E-state index in [1.807, 2.05) is 12.3 Å². The second-order valence-corrected chi connectivity index (χ2v) is 3.74. The molecule has 1 rings (SSSR count). The second kappa shape index (κ2) is 5.19. The molecular formula is C9H16N2OS. The van der Waals surface area contributed by atoms with Crippen molar-refractivity contribution in [1.82, 2.24) is 9.69 Å². The Kier molecular flexibility index (Phi) is 4.18. The van der Waals surface area contributed by atoms with Gasteiger partial charge in [0.15, 0.2) is 0 Å². The minimum atomic E-state index is 0.495. The van der Waals surface area contributed by atoms with E-state index in [4.69, 9.17) is 4.74 Å². The van der Waals surface area contributed by atoms with Crippen LogP contribution in [0.2, 0.25) is 0 Å². The minimum Gasteiger partial charge on any atom is -0.477 e. The zero-order chi connectivity index (χ0) is 9.68. The lowest BCUT2D eigenvalue weighted by molar-refractivity contribution is 0.325. The highest BCUT2D eigenvalue weighted by atomic mass is 32.1. The third kappa shape index (κ3) is 3.32. The van der Waals surface area contributed by atoms with E-state index in [2.05, 4.69) is 23.5 Å². The molecule has 3 nitrogen and oxygen atoms in total. The average Bonchev–Trinajstić information content (AvgIpc) is 2.49. The number of rotatable bonds is 5. The number of ether oxygens (including phenoxy) is 1. The highest BCUT2D eigenvalue weighted by molar-refractivity contribution is 7.03. The highest BCUT2D eigenvalue weighted by Gasteiger charge is 2.06. The monoisotopic (exact) mass is 200 g/mol. The SMILES string of the molecule is CCOc1nscc1CNC(C)C. The van der Waals surface area contributed by atoms with E-state index in [9.17, 15) is 0 Å². The van der Waals surface area contributed by atoms with Crippen LogP contribution in [0.4, 0.5) is 0 Å². The fraction of sp³-hybridized carbons (Fsp3) is 0.667. The summed E-state index contributed by atoms with van der Waals surface area (Å²) >= 11 is 1.44. The highest BCUT2D eigenvalue weighted by Crippen LogP contribution is 2.18. The summed E-state index contributed by atoms with van der Waals surface area (Å²) in [5, 5.41) is 5.36. The van der Waals surface area contributed by atoms with Crippen LogP contribution in [0, 0.1) is 0 Å². The smallest absolute Gasteiger partial charge is 0.229 e. The fourth-order valence-electron chi connectivity index (χ4n) is 0.934. The molecule has 0 fully saturated rings. The van der Waals surface area contributed by atoms with Gasteiger partial charge in [0.25, 0.3) is 0 Å². The zero-order valence-electron chi connectivity index (χ0n) is 8.33. The fourth-order valence-corrected chi connectivity index (χ4v) is 1.56. The van der Waals surface area contributed by atoms with Crippen LogP contribution in [0.25, 0.3) is 0 Å². The zero-order valence-corrected chi connectivity index (χ0v) is 9.15. The molecule has 0 aliphatic heterocycles. The number of hydrogen-bond donors (Lipinski definition) is 1. The van der Waals surface area contributed by atoms with Crippen molar-refractivity contribution in [3.05, 3.63) is 10.9 Å². The first-order valence-corrected chi connectivity index (χ1v) is 5.37. The van der Waals surface area contributed by atoms with Crippen molar-refractivity contribution in [2.45, 2.75) is 33.4 Å². The van der Waals surface area contributed by atoms with Crippen molar-refractivity contribution in [3.8, 4) is 5.88 Å². The van der Waals surface area contributed by atoms with Crippen molar-refractivity contribution in [2.24, 2.45) is 0 Å². The van der Waals surface area contributed by atoms with Gasteiger partial charge in [-0.1, -0.05) is 13.8 Å². The third-order valence-corrected chi connectivity index (χ3v) is 2.25. The summed E-state index contributed by atoms with van der Waals surface area (Å²) in [7, 11) is 0. The van der Waals surface area contributed by atoms with Gasteiger partial charge in [-0.3, -0.25) is 0 Å². The van der Waals surface area contributed by atoms with Gasteiger partial charge in [-0.15, -0.1) is 0 Å². The lowest BCUT2D eigenvalue weighted by atomic mass is 10.3. The Morgan fingerprint density at radius 1 is 1.62 bits per heavy atom. The normalized spacial score (nSPS) is 10.8. The van der Waals surface area contributed by atoms with Crippen LogP contribution in [-0.4, -0.2) is 17.0 Å². The molecule has 1 aromatic rings. The van der Waals surface area contributed by atoms with Crippen LogP contribution < -0.4 is 10.1 Å². The lowest BCUT2D eigenvalue weighted by Gasteiger charge is -2.07. The summed E-state index contributed by atoms with van der Waals surface area (Å²) in [6, 6.07) is 0.495. The molecule has 0 bridgehead atoms. The summed E-state index contributed by atoms with van der Waals surface area (Å²) in [5.74, 6) is 0.778. The molecule has 0 aliphatic carbocycles. The molecule has 74 valence electrons. The average molecular weight is 200 g/mol. The lowest BCUT2D eigenvalue weighted by Crippen LogP contribution is -2.21. The predicted molar refractivity (Wildman–Crippen MR) is 55.3 cm³/mol. The minimum absolute atomic E-state index is 0.495. The maximum Gasteiger partial charge on any atom is 0.229 e. The Labute approximate surface area is 83.3 Å². The Morgan fingerprint density at radius 3 is 3.00 bits per heavy atom. The van der Waals surface area contributed by atoms with Gasteiger partial charge >= 0.3 is 0 Å². The predicted octanol–water partition coefficient (Wildman–Crippen LogP) is 2.04. The van der Waals surface area contributed by atoms with E-state index in [-0.39, 0.29) is 0 Å². The van der Waals surface area contributed by atoms with Crippen LogP contribution in [0.3, 0.4) is 0 Å². The van der Waals surface area contributed by atoms with Crippen molar-refractivity contribution in [3.63, 3.8) is 0 Å². The first kappa shape index (κ1) is 10.5. The molecule has 0 saturated heterocycles. The molecular weight excluding hydrogens is 184 g/mol. The Hall–Kier alpha value is -0.610. The van der Waals surface area contributed by atoms with E-state index >= 15 is 0 Å². The summed E-state index contributed by atoms with van der Waals surface area (Å²) in [5.41, 5.74) is 1.15. The molecule has 1 aromatic heterocycles. The molecule has 0 amide bonds. The molecule has 0 atom stereocenters. The van der Waals surface area contributed by atoms with E-state index in [0.29, 0.717) is 12.6 Å². The third-order valence-electron chi connectivity index (χ3n) is 1.59. The molecule has 0 spiro atoms. The van der Waals surface area contributed by atoms with Gasteiger partial charge in [-0.05, 0) is 18.5 Å². The van der Waals surface area contributed by atoms with E-state index < -0.39 is 0 Å². The van der Waals surface area contributed by atoms with Gasteiger partial charge in [0.2, 0.25) is 5.88 Å². The molecule has 0 unspecified atom stereocenters. The Balaban J connectivity index is 2.49. The number of nitrogens with one attached hydrogen (secondary N) is 1. The van der Waals surface area contributed by atoms with Crippen LogP contribution in [0.5, 0.6) is 5.88 Å². The first-order valence-electron chi connectivity index (χ1n) is 4.53. The summed E-state index contributed by atoms with van der Waals surface area (Å²) in [6.45, 7) is 7.74. The molecule has 1 N–H and O–H groups in total. The molecule has 0 aliphatic rings. The van der Waals surface area contributed by atoms with Crippen LogP contribution in [0.1, 0.15) is 26.3 Å². The Bertz CT molecular complexity index is 248. The largest absolute Gasteiger partial charge is 0.477 e. The number of hydrogen-bond acceptors (Lipinski definition) is 4. The number of nitrogens with zero attached hydrogens (tertiary/aromatic N) is 1. The van der Waals surface area contributed by atoms with Crippen molar-refractivity contribution in [1.29, 1.82) is 0 Å². The van der Waals surface area contributed by atoms with E-state index in [1.165, 1.54) is 11.5 Å². The molecule has 0 radical (unpaired) electrons. The van der Waals surface area contributed by atoms with Crippen LogP contribution in [-0.2, 0) is 6.54 Å². The van der Waals surface area contributed by atoms with Crippen LogP contribution in [0.15, 0.2) is 5.38 Å². The molecule has 4 heteroatoms. The van der Waals surface area contributed by atoms with Gasteiger partial charge < -0.3 is 10.1 Å². The second-order valence-electron chi connectivity index (χ2n) is 3.11. The molecule has 13 heavy (non-hydrogen) atoms. The quantitative estimate of drug-likeness (QED) is 0.789. The molecule has 1 heterocycles. The van der Waals surface area contributed by atoms with Gasteiger partial charge in [0.05, 0.1) is 6.61 Å². The standard InChI is InChI=1S/C9H16N2OS/c1-4-12-9-8(6-13-11-9)5-10-7(2)3/h6-7,10H,4-5H2,1-3H3. The molecule has 0 aromatic carbocycles. The van der Waals surface area contributed by atoms with Crippen molar-refractivity contribution < 1.29 is 4.74 Å². The van der Waals surface area contributed by atoms with Crippen LogP contribution >= 0.6 is 11.5 Å². The Morgan fingerprint density at radius 2 is 2.38 bits per heavy atom. The van der Waals surface area contributed by atoms with Gasteiger partial charge in [-0.2, -0.15) is 4.37 Å². The van der Waals surface area contributed by atoms with Gasteiger partial charge in [0, 0.05) is 23.5 Å². The summed E-state index contributed by atoms with van der Waals surface area (Å²) in [6.07, 6.45) is 0. The number of aromatic nitrogens is 1. The maximum atomic E-state index is 5.37. The van der Waals surface area contributed by atoms with Gasteiger partial charge in [-0.25, -0.2) is 0 Å². The first-order chi connectivity index (χ1) is 6.24. The molecule has 0 saturated carbocycles. The van der Waals surface area contributed by atoms with E-state index in [0.717, 1.165) is 18.0 Å². The van der Waals surface area contributed by atoms with Crippen molar-refractivity contribution >= 4 is 11.5 Å². The summed E-state index contributed by atoms with van der Waals surface area (Å²) < 4.78 is 9.53. The summed E-state index contributed by atoms with van der Waals surface area (Å²) in [4.78, 5) is 0. The van der Waals surface area contributed by atoms with Crippen molar-refractivity contribution in [2.75, 3.05) is 6.61 Å².